The first-order valence-electron chi connectivity index (χ1n) is 9.51. The Morgan fingerprint density at radius 2 is 2.18 bits per heavy atom. The number of carbonyl (C=O) groups excluding carboxylic acids is 1. The van der Waals surface area contributed by atoms with Crippen molar-refractivity contribution in [1.29, 1.82) is 0 Å². The highest BCUT2D eigenvalue weighted by atomic mass is 19.1. The Morgan fingerprint density at radius 1 is 1.36 bits per heavy atom. The number of fused-ring (bicyclic) bond motifs is 1. The van der Waals surface area contributed by atoms with Gasteiger partial charge in [0.05, 0.1) is 18.5 Å². The Balaban J connectivity index is 1.41. The second-order valence-corrected chi connectivity index (χ2v) is 7.67. The van der Waals surface area contributed by atoms with Gasteiger partial charge in [-0.15, -0.1) is 0 Å². The van der Waals surface area contributed by atoms with E-state index in [2.05, 4.69) is 10.00 Å². The summed E-state index contributed by atoms with van der Waals surface area (Å²) in [6.45, 7) is 4.02. The van der Waals surface area contributed by atoms with Crippen LogP contribution in [0.1, 0.15) is 42.7 Å². The van der Waals surface area contributed by atoms with Gasteiger partial charge in [0.2, 0.25) is 0 Å². The SMILES string of the molecule is CC(=O)CCn1ncc2c1CN([C@H]1CO[C@H](c3cc(F)ccc3F)[C@@H](N)C1)C2. The van der Waals surface area contributed by atoms with Crippen molar-refractivity contribution in [2.75, 3.05) is 6.61 Å². The maximum Gasteiger partial charge on any atom is 0.131 e. The van der Waals surface area contributed by atoms with E-state index in [4.69, 9.17) is 10.5 Å². The Morgan fingerprint density at radius 3 is 2.93 bits per heavy atom. The lowest BCUT2D eigenvalue weighted by molar-refractivity contribution is -0.117. The van der Waals surface area contributed by atoms with Crippen molar-refractivity contribution >= 4 is 5.78 Å². The van der Waals surface area contributed by atoms with Crippen LogP contribution in [0.2, 0.25) is 0 Å². The molecule has 0 aliphatic carbocycles. The first-order valence-corrected chi connectivity index (χ1v) is 9.51. The molecule has 1 aromatic carbocycles. The Labute approximate surface area is 162 Å². The molecular formula is C20H24F2N4O2. The van der Waals surface area contributed by atoms with Crippen LogP contribution in [-0.4, -0.2) is 39.2 Å². The van der Waals surface area contributed by atoms with Gasteiger partial charge in [-0.25, -0.2) is 8.78 Å². The van der Waals surface area contributed by atoms with Gasteiger partial charge in [-0.3, -0.25) is 14.4 Å². The summed E-state index contributed by atoms with van der Waals surface area (Å²) in [6.07, 6.45) is 2.30. The van der Waals surface area contributed by atoms with Crippen LogP contribution >= 0.6 is 0 Å². The van der Waals surface area contributed by atoms with Crippen LogP contribution in [0.15, 0.2) is 24.4 Å². The second-order valence-electron chi connectivity index (χ2n) is 7.67. The summed E-state index contributed by atoms with van der Waals surface area (Å²) in [4.78, 5) is 13.5. The standard InChI is InChI=1S/C20H24F2N4O2/c1-12(27)4-5-26-19-10-25(9-13(19)8-24-26)15-7-18(23)20(28-11-15)16-6-14(21)2-3-17(16)22/h2-3,6,8,15,18,20H,4-5,7,9-11,23H2,1H3/t15-,18+,20-/m1/s1. The Bertz CT molecular complexity index is 885. The molecule has 0 bridgehead atoms. The number of nitrogens with two attached hydrogens (primary N) is 1. The molecule has 4 rings (SSSR count). The molecule has 1 fully saturated rings. The fourth-order valence-electron chi connectivity index (χ4n) is 4.10. The summed E-state index contributed by atoms with van der Waals surface area (Å²) in [6, 6.07) is 3.03. The minimum atomic E-state index is -0.650. The molecule has 2 N–H and O–H groups in total. The molecule has 6 nitrogen and oxygen atoms in total. The summed E-state index contributed by atoms with van der Waals surface area (Å²) >= 11 is 0. The molecule has 1 saturated heterocycles. The van der Waals surface area contributed by atoms with Crippen molar-refractivity contribution in [2.24, 2.45) is 5.73 Å². The van der Waals surface area contributed by atoms with Crippen LogP contribution in [-0.2, 0) is 29.2 Å². The summed E-state index contributed by atoms with van der Waals surface area (Å²) in [5.74, 6) is -0.861. The van der Waals surface area contributed by atoms with E-state index >= 15 is 0 Å². The third kappa shape index (κ3) is 3.72. The number of aromatic nitrogens is 2. The average Bonchev–Trinajstić information content (AvgIpc) is 3.23. The first-order chi connectivity index (χ1) is 13.4. The predicted molar refractivity (Wildman–Crippen MR) is 98.2 cm³/mol. The van der Waals surface area contributed by atoms with Gasteiger partial charge in [-0.1, -0.05) is 0 Å². The fraction of sp³-hybridized carbons (Fsp3) is 0.500. The fourth-order valence-corrected chi connectivity index (χ4v) is 4.10. The van der Waals surface area contributed by atoms with E-state index in [1.165, 1.54) is 0 Å². The number of Topliss-reactive ketones (excluding diaryl/α,β-unsaturated/α-hetero) is 1. The van der Waals surface area contributed by atoms with E-state index in [0.717, 1.165) is 36.0 Å². The lowest BCUT2D eigenvalue weighted by atomic mass is 9.93. The number of hydrogen-bond donors (Lipinski definition) is 1. The maximum absolute atomic E-state index is 14.1. The number of ketones is 1. The average molecular weight is 390 g/mol. The topological polar surface area (TPSA) is 73.4 Å². The van der Waals surface area contributed by atoms with Crippen molar-refractivity contribution in [1.82, 2.24) is 14.7 Å². The number of aryl methyl sites for hydroxylation is 1. The van der Waals surface area contributed by atoms with Crippen LogP contribution in [0.3, 0.4) is 0 Å². The lowest BCUT2D eigenvalue weighted by Gasteiger charge is -2.38. The molecular weight excluding hydrogens is 366 g/mol. The molecule has 0 spiro atoms. The van der Waals surface area contributed by atoms with Gasteiger partial charge in [0.1, 0.15) is 23.5 Å². The zero-order valence-corrected chi connectivity index (χ0v) is 15.8. The highest BCUT2D eigenvalue weighted by Crippen LogP contribution is 2.34. The molecule has 2 aliphatic heterocycles. The van der Waals surface area contributed by atoms with E-state index < -0.39 is 23.8 Å². The number of halogens is 2. The number of benzene rings is 1. The Hall–Kier alpha value is -2.16. The molecule has 0 unspecified atom stereocenters. The van der Waals surface area contributed by atoms with E-state index in [1.807, 2.05) is 10.9 Å². The quantitative estimate of drug-likeness (QED) is 0.848. The van der Waals surface area contributed by atoms with Gasteiger partial charge in [0.25, 0.3) is 0 Å². The first kappa shape index (κ1) is 19.2. The van der Waals surface area contributed by atoms with Gasteiger partial charge in [0, 0.05) is 49.3 Å². The van der Waals surface area contributed by atoms with Crippen LogP contribution < -0.4 is 5.73 Å². The number of ether oxygens (including phenoxy) is 1. The summed E-state index contributed by atoms with van der Waals surface area (Å²) in [5, 5.41) is 4.38. The number of carbonyl (C=O) groups is 1. The van der Waals surface area contributed by atoms with Gasteiger partial charge < -0.3 is 10.5 Å². The molecule has 8 heteroatoms. The number of nitrogens with zero attached hydrogens (tertiary/aromatic N) is 3. The molecule has 0 amide bonds. The van der Waals surface area contributed by atoms with Crippen LogP contribution in [0.25, 0.3) is 0 Å². The van der Waals surface area contributed by atoms with Crippen molar-refractivity contribution in [3.63, 3.8) is 0 Å². The van der Waals surface area contributed by atoms with Gasteiger partial charge in [-0.2, -0.15) is 5.10 Å². The van der Waals surface area contributed by atoms with Gasteiger partial charge in [0.15, 0.2) is 0 Å². The molecule has 3 heterocycles. The normalized spacial score (nSPS) is 25.1. The van der Waals surface area contributed by atoms with Gasteiger partial charge in [-0.05, 0) is 31.5 Å². The minimum Gasteiger partial charge on any atom is -0.370 e. The molecule has 28 heavy (non-hydrogen) atoms. The molecule has 150 valence electrons. The van der Waals surface area contributed by atoms with Crippen molar-refractivity contribution in [2.45, 2.75) is 57.6 Å². The summed E-state index contributed by atoms with van der Waals surface area (Å²) < 4.78 is 35.4. The van der Waals surface area contributed by atoms with E-state index in [9.17, 15) is 13.6 Å². The highest BCUT2D eigenvalue weighted by molar-refractivity contribution is 5.75. The second kappa shape index (κ2) is 7.69. The van der Waals surface area contributed by atoms with Crippen molar-refractivity contribution in [3.8, 4) is 0 Å². The number of rotatable bonds is 5. The number of hydrogen-bond acceptors (Lipinski definition) is 5. The summed E-state index contributed by atoms with van der Waals surface area (Å²) in [5.41, 5.74) is 8.73. The molecule has 0 radical (unpaired) electrons. The molecule has 3 atom stereocenters. The monoisotopic (exact) mass is 390 g/mol. The summed E-state index contributed by atoms with van der Waals surface area (Å²) in [7, 11) is 0. The third-order valence-electron chi connectivity index (χ3n) is 5.62. The van der Waals surface area contributed by atoms with E-state index in [1.54, 1.807) is 6.92 Å². The van der Waals surface area contributed by atoms with Gasteiger partial charge >= 0.3 is 0 Å². The predicted octanol–water partition coefficient (Wildman–Crippen LogP) is 2.31. The van der Waals surface area contributed by atoms with E-state index in [-0.39, 0.29) is 17.4 Å². The van der Waals surface area contributed by atoms with E-state index in [0.29, 0.717) is 32.5 Å². The van der Waals surface area contributed by atoms with Crippen molar-refractivity contribution < 1.29 is 18.3 Å². The molecule has 2 aliphatic rings. The Kier molecular flexibility index (Phi) is 5.27. The smallest absolute Gasteiger partial charge is 0.131 e. The minimum absolute atomic E-state index is 0.0940. The molecule has 1 aromatic heterocycles. The lowest BCUT2D eigenvalue weighted by Crippen LogP contribution is -2.47. The zero-order chi connectivity index (χ0) is 19.8. The zero-order valence-electron chi connectivity index (χ0n) is 15.8. The van der Waals surface area contributed by atoms with Crippen LogP contribution in [0, 0.1) is 11.6 Å². The molecule has 0 saturated carbocycles. The molecule has 2 aromatic rings. The largest absolute Gasteiger partial charge is 0.370 e. The van der Waals surface area contributed by atoms with Crippen molar-refractivity contribution in [3.05, 3.63) is 52.9 Å². The maximum atomic E-state index is 14.1. The third-order valence-corrected chi connectivity index (χ3v) is 5.62. The van der Waals surface area contributed by atoms with Crippen LogP contribution in [0.4, 0.5) is 8.78 Å². The highest BCUT2D eigenvalue weighted by Gasteiger charge is 2.37. The van der Waals surface area contributed by atoms with Crippen LogP contribution in [0.5, 0.6) is 0 Å².